The molecule has 0 saturated carbocycles. The highest BCUT2D eigenvalue weighted by molar-refractivity contribution is 7.15. The van der Waals surface area contributed by atoms with Crippen molar-refractivity contribution in [3.63, 3.8) is 0 Å². The quantitative estimate of drug-likeness (QED) is 0.441. The second kappa shape index (κ2) is 7.51. The number of thiazole rings is 1. The molecule has 2 aromatic carbocycles. The summed E-state index contributed by atoms with van der Waals surface area (Å²) >= 11 is 1.46. The van der Waals surface area contributed by atoms with E-state index in [2.05, 4.69) is 20.6 Å². The molecule has 3 aromatic heterocycles. The summed E-state index contributed by atoms with van der Waals surface area (Å²) in [5.41, 5.74) is 5.27. The van der Waals surface area contributed by atoms with E-state index in [-0.39, 0.29) is 18.3 Å². The van der Waals surface area contributed by atoms with E-state index in [1.807, 2.05) is 55.6 Å². The van der Waals surface area contributed by atoms with Gasteiger partial charge in [-0.25, -0.2) is 4.52 Å². The molecule has 9 heteroatoms. The average molecular weight is 433 g/mol. The molecule has 0 bridgehead atoms. The van der Waals surface area contributed by atoms with Gasteiger partial charge in [0.25, 0.3) is 0 Å². The second-order valence-electron chi connectivity index (χ2n) is 7.29. The molecule has 5 rings (SSSR count). The van der Waals surface area contributed by atoms with Gasteiger partial charge in [-0.2, -0.15) is 4.98 Å². The van der Waals surface area contributed by atoms with E-state index in [4.69, 9.17) is 9.26 Å². The van der Waals surface area contributed by atoms with E-state index in [0.29, 0.717) is 16.2 Å². The molecular weight excluding hydrogens is 414 g/mol. The Labute approximate surface area is 181 Å². The highest BCUT2D eigenvalue weighted by Gasteiger charge is 2.17. The molecule has 0 atom stereocenters. The SMILES string of the molecule is COc1ccc(-c2csc3nc(NC(=O)Cc4noc5c(C)cc(C)cc45)nn23)cc1. The highest BCUT2D eigenvalue weighted by Crippen LogP contribution is 2.28. The van der Waals surface area contributed by atoms with Gasteiger partial charge in [0, 0.05) is 16.3 Å². The Morgan fingerprint density at radius 2 is 2.03 bits per heavy atom. The fourth-order valence-electron chi connectivity index (χ4n) is 3.58. The van der Waals surface area contributed by atoms with Gasteiger partial charge in [-0.3, -0.25) is 10.1 Å². The minimum Gasteiger partial charge on any atom is -0.497 e. The van der Waals surface area contributed by atoms with Crippen LogP contribution in [0.4, 0.5) is 5.95 Å². The standard InChI is InChI=1S/C22H19N5O3S/c1-12-8-13(2)20-16(9-12)17(26-30-20)10-19(28)23-21-24-22-27(25-21)18(11-31-22)14-4-6-15(29-3)7-5-14/h4-9,11H,10H2,1-3H3,(H,23,25,28). The maximum atomic E-state index is 12.6. The van der Waals surface area contributed by atoms with Crippen molar-refractivity contribution < 1.29 is 14.1 Å². The van der Waals surface area contributed by atoms with Crippen LogP contribution in [0.1, 0.15) is 16.8 Å². The molecule has 8 nitrogen and oxygen atoms in total. The minimum absolute atomic E-state index is 0.0775. The fraction of sp³-hybridized carbons (Fsp3) is 0.182. The summed E-state index contributed by atoms with van der Waals surface area (Å²) in [6.07, 6.45) is 0.0775. The smallest absolute Gasteiger partial charge is 0.250 e. The number of hydrogen-bond donors (Lipinski definition) is 1. The van der Waals surface area contributed by atoms with Gasteiger partial charge >= 0.3 is 0 Å². The van der Waals surface area contributed by atoms with Crippen LogP contribution in [0, 0.1) is 13.8 Å². The van der Waals surface area contributed by atoms with E-state index >= 15 is 0 Å². The first-order chi connectivity index (χ1) is 15.0. The Kier molecular flexibility index (Phi) is 4.67. The van der Waals surface area contributed by atoms with E-state index in [9.17, 15) is 4.79 Å². The lowest BCUT2D eigenvalue weighted by Gasteiger charge is -2.02. The van der Waals surface area contributed by atoms with Crippen molar-refractivity contribution in [2.75, 3.05) is 12.4 Å². The van der Waals surface area contributed by atoms with Gasteiger partial charge in [-0.1, -0.05) is 11.2 Å². The van der Waals surface area contributed by atoms with Gasteiger partial charge in [0.1, 0.15) is 11.4 Å². The maximum Gasteiger partial charge on any atom is 0.250 e. The first kappa shape index (κ1) is 19.3. The zero-order valence-corrected chi connectivity index (χ0v) is 18.0. The van der Waals surface area contributed by atoms with Crippen LogP contribution >= 0.6 is 11.3 Å². The number of hydrogen-bond acceptors (Lipinski definition) is 7. The number of nitrogens with zero attached hydrogens (tertiary/aromatic N) is 4. The Hall–Kier alpha value is -3.72. The normalized spacial score (nSPS) is 11.3. The number of nitrogens with one attached hydrogen (secondary N) is 1. The number of benzene rings is 2. The molecule has 0 aliphatic carbocycles. The summed E-state index contributed by atoms with van der Waals surface area (Å²) in [5, 5.41) is 14.2. The summed E-state index contributed by atoms with van der Waals surface area (Å²) in [5.74, 6) is 0.790. The largest absolute Gasteiger partial charge is 0.497 e. The van der Waals surface area contributed by atoms with E-state index < -0.39 is 0 Å². The third-order valence-electron chi connectivity index (χ3n) is 5.02. The first-order valence-corrected chi connectivity index (χ1v) is 10.5. The lowest BCUT2D eigenvalue weighted by atomic mass is 10.1. The van der Waals surface area contributed by atoms with E-state index in [1.54, 1.807) is 11.6 Å². The third-order valence-corrected chi connectivity index (χ3v) is 5.84. The summed E-state index contributed by atoms with van der Waals surface area (Å²) in [6, 6.07) is 11.7. The zero-order chi connectivity index (χ0) is 21.5. The number of ether oxygens (including phenoxy) is 1. The summed E-state index contributed by atoms with van der Waals surface area (Å²) in [7, 11) is 1.63. The van der Waals surface area contributed by atoms with Gasteiger partial charge in [0.2, 0.25) is 16.8 Å². The van der Waals surface area contributed by atoms with Gasteiger partial charge in [-0.05, 0) is 55.3 Å². The number of aromatic nitrogens is 4. The minimum atomic E-state index is -0.251. The predicted octanol–water partition coefficient (Wildman–Crippen LogP) is 4.41. The number of rotatable bonds is 5. The molecule has 0 spiro atoms. The first-order valence-electron chi connectivity index (χ1n) is 9.66. The van der Waals surface area contributed by atoms with Crippen molar-refractivity contribution in [3.05, 3.63) is 58.6 Å². The number of amides is 1. The number of carbonyl (C=O) groups is 1. The Balaban J connectivity index is 1.37. The Morgan fingerprint density at radius 3 is 2.81 bits per heavy atom. The molecule has 1 N–H and O–H groups in total. The second-order valence-corrected chi connectivity index (χ2v) is 8.13. The monoisotopic (exact) mass is 433 g/mol. The van der Waals surface area contributed by atoms with Crippen LogP contribution in [0.25, 0.3) is 27.2 Å². The summed E-state index contributed by atoms with van der Waals surface area (Å²) < 4.78 is 12.4. The van der Waals surface area contributed by atoms with Gasteiger partial charge in [0.05, 0.1) is 19.2 Å². The number of fused-ring (bicyclic) bond motifs is 2. The predicted molar refractivity (Wildman–Crippen MR) is 119 cm³/mol. The molecule has 3 heterocycles. The van der Waals surface area contributed by atoms with Crippen molar-refractivity contribution in [2.24, 2.45) is 0 Å². The molecule has 0 aliphatic rings. The zero-order valence-electron chi connectivity index (χ0n) is 17.2. The molecule has 31 heavy (non-hydrogen) atoms. The molecule has 0 unspecified atom stereocenters. The van der Waals surface area contributed by atoms with Gasteiger partial charge in [-0.15, -0.1) is 16.4 Å². The molecular formula is C22H19N5O3S. The van der Waals surface area contributed by atoms with E-state index in [0.717, 1.165) is 33.5 Å². The molecule has 0 radical (unpaired) electrons. The lowest BCUT2D eigenvalue weighted by Crippen LogP contribution is -2.15. The Morgan fingerprint density at radius 1 is 1.23 bits per heavy atom. The number of aryl methyl sites for hydroxylation is 2. The average Bonchev–Trinajstić information content (AvgIpc) is 3.43. The van der Waals surface area contributed by atoms with Crippen LogP contribution in [0.3, 0.4) is 0 Å². The molecule has 1 amide bonds. The van der Waals surface area contributed by atoms with Crippen LogP contribution in [0.2, 0.25) is 0 Å². The number of methoxy groups -OCH3 is 1. The van der Waals surface area contributed by atoms with Crippen molar-refractivity contribution in [3.8, 4) is 17.0 Å². The third kappa shape index (κ3) is 3.53. The maximum absolute atomic E-state index is 12.6. The molecule has 0 fully saturated rings. The van der Waals surface area contributed by atoms with Crippen molar-refractivity contribution >= 4 is 39.1 Å². The summed E-state index contributed by atoms with van der Waals surface area (Å²) in [4.78, 5) is 17.7. The van der Waals surface area contributed by atoms with Crippen molar-refractivity contribution in [2.45, 2.75) is 20.3 Å². The fourth-order valence-corrected chi connectivity index (χ4v) is 4.41. The van der Waals surface area contributed by atoms with Crippen LogP contribution in [-0.4, -0.2) is 32.8 Å². The molecule has 5 aromatic rings. The number of anilines is 1. The van der Waals surface area contributed by atoms with Crippen LogP contribution in [0.5, 0.6) is 5.75 Å². The highest BCUT2D eigenvalue weighted by atomic mass is 32.1. The topological polar surface area (TPSA) is 94.5 Å². The molecule has 0 saturated heterocycles. The Bertz CT molecular complexity index is 1410. The summed E-state index contributed by atoms with van der Waals surface area (Å²) in [6.45, 7) is 3.97. The molecule has 156 valence electrons. The molecule has 0 aliphatic heterocycles. The van der Waals surface area contributed by atoms with Crippen LogP contribution < -0.4 is 10.1 Å². The van der Waals surface area contributed by atoms with Crippen molar-refractivity contribution in [1.29, 1.82) is 0 Å². The van der Waals surface area contributed by atoms with Crippen LogP contribution in [-0.2, 0) is 11.2 Å². The van der Waals surface area contributed by atoms with Gasteiger partial charge in [0.15, 0.2) is 5.58 Å². The van der Waals surface area contributed by atoms with E-state index in [1.165, 1.54) is 11.3 Å². The van der Waals surface area contributed by atoms with Gasteiger partial charge < -0.3 is 9.26 Å². The van der Waals surface area contributed by atoms with Crippen LogP contribution in [0.15, 0.2) is 46.3 Å². The lowest BCUT2D eigenvalue weighted by molar-refractivity contribution is -0.115. The van der Waals surface area contributed by atoms with Crippen molar-refractivity contribution in [1.82, 2.24) is 19.8 Å². The number of carbonyl (C=O) groups excluding carboxylic acids is 1.